The third-order valence-corrected chi connectivity index (χ3v) is 6.80. The van der Waals surface area contributed by atoms with Gasteiger partial charge in [-0.3, -0.25) is 0 Å². The lowest BCUT2D eigenvalue weighted by Gasteiger charge is -2.28. The number of likely N-dealkylation sites (N-methyl/N-ethyl adjacent to an activating group) is 1. The Hall–Kier alpha value is -0.673. The van der Waals surface area contributed by atoms with E-state index in [4.69, 9.17) is 13.3 Å². The van der Waals surface area contributed by atoms with Crippen LogP contribution in [0.4, 0.5) is 4.79 Å². The summed E-state index contributed by atoms with van der Waals surface area (Å²) in [4.78, 5) is 14.1. The second-order valence-corrected chi connectivity index (χ2v) is 8.03. The molecule has 0 aromatic heterocycles. The Morgan fingerprint density at radius 3 is 1.83 bits per heavy atom. The van der Waals surface area contributed by atoms with Crippen molar-refractivity contribution in [2.75, 3.05) is 52.5 Å². The van der Waals surface area contributed by atoms with Crippen LogP contribution >= 0.6 is 0 Å². The van der Waals surface area contributed by atoms with Crippen LogP contribution in [0.15, 0.2) is 0 Å². The van der Waals surface area contributed by atoms with Gasteiger partial charge in [0.1, 0.15) is 0 Å². The van der Waals surface area contributed by atoms with Gasteiger partial charge in [0.25, 0.3) is 0 Å². The molecule has 144 valence electrons. The van der Waals surface area contributed by atoms with Gasteiger partial charge in [-0.1, -0.05) is 13.8 Å². The molecule has 0 unspecified atom stereocenters. The number of nitrogens with one attached hydrogen (secondary N) is 2. The van der Waals surface area contributed by atoms with Crippen LogP contribution in [0, 0.1) is 0 Å². The second kappa shape index (κ2) is 14.7. The predicted molar refractivity (Wildman–Crippen MR) is 99.2 cm³/mol. The smallest absolute Gasteiger partial charge is 0.374 e. The predicted octanol–water partition coefficient (Wildman–Crippen LogP) is 2.07. The van der Waals surface area contributed by atoms with Crippen LogP contribution < -0.4 is 10.6 Å². The molecule has 0 heterocycles. The number of carbonyl (C=O) groups is 1. The number of rotatable bonds is 15. The highest BCUT2D eigenvalue weighted by Crippen LogP contribution is 2.17. The van der Waals surface area contributed by atoms with Crippen LogP contribution in [0.1, 0.15) is 41.0 Å². The van der Waals surface area contributed by atoms with E-state index in [9.17, 15) is 4.79 Å². The molecular weight excluding hydrogens is 326 g/mol. The molecule has 0 aliphatic carbocycles. The van der Waals surface area contributed by atoms with Gasteiger partial charge in [0.2, 0.25) is 0 Å². The minimum Gasteiger partial charge on any atom is -0.374 e. The molecule has 0 aliphatic heterocycles. The molecule has 0 atom stereocenters. The molecule has 24 heavy (non-hydrogen) atoms. The Morgan fingerprint density at radius 2 is 1.38 bits per heavy atom. The number of urea groups is 1. The van der Waals surface area contributed by atoms with E-state index in [2.05, 4.69) is 29.4 Å². The quantitative estimate of drug-likeness (QED) is 0.344. The van der Waals surface area contributed by atoms with Gasteiger partial charge >= 0.3 is 14.8 Å². The van der Waals surface area contributed by atoms with E-state index in [1.54, 1.807) is 0 Å². The van der Waals surface area contributed by atoms with Crippen molar-refractivity contribution < 1.29 is 18.1 Å². The maximum absolute atomic E-state index is 11.8. The zero-order valence-corrected chi connectivity index (χ0v) is 17.2. The van der Waals surface area contributed by atoms with Crippen molar-refractivity contribution in [1.82, 2.24) is 15.5 Å². The van der Waals surface area contributed by atoms with Gasteiger partial charge in [0, 0.05) is 45.5 Å². The molecule has 0 saturated carbocycles. The summed E-state index contributed by atoms with van der Waals surface area (Å²) in [6.07, 6.45) is 0.773. The lowest BCUT2D eigenvalue weighted by atomic mass is 10.4. The maximum Gasteiger partial charge on any atom is 0.500 e. The normalized spacial score (nSPS) is 11.8. The van der Waals surface area contributed by atoms with Crippen molar-refractivity contribution in [2.24, 2.45) is 0 Å². The zero-order valence-electron chi connectivity index (χ0n) is 16.2. The summed E-state index contributed by atoms with van der Waals surface area (Å²) in [7, 11) is -2.60. The molecule has 0 fully saturated rings. The Bertz CT molecular complexity index is 301. The van der Waals surface area contributed by atoms with Crippen LogP contribution in [-0.4, -0.2) is 72.3 Å². The van der Waals surface area contributed by atoms with Gasteiger partial charge < -0.3 is 28.8 Å². The first kappa shape index (κ1) is 23.3. The molecule has 2 N–H and O–H groups in total. The molecule has 0 spiro atoms. The highest BCUT2D eigenvalue weighted by atomic mass is 28.4. The number of nitrogens with zero attached hydrogens (tertiary/aromatic N) is 1. The minimum atomic E-state index is -2.60. The summed E-state index contributed by atoms with van der Waals surface area (Å²) >= 11 is 0. The molecule has 7 nitrogen and oxygen atoms in total. The van der Waals surface area contributed by atoms with E-state index in [1.807, 2.05) is 20.8 Å². The molecule has 0 radical (unpaired) electrons. The Labute approximate surface area is 148 Å². The Morgan fingerprint density at radius 1 is 0.875 bits per heavy atom. The lowest BCUT2D eigenvalue weighted by molar-refractivity contribution is 0.0708. The van der Waals surface area contributed by atoms with Gasteiger partial charge in [-0.05, 0) is 40.3 Å². The average Bonchev–Trinajstić information content (AvgIpc) is 2.56. The zero-order chi connectivity index (χ0) is 18.3. The molecule has 0 bridgehead atoms. The number of hydrogen-bond donors (Lipinski definition) is 2. The van der Waals surface area contributed by atoms with E-state index >= 15 is 0 Å². The third-order valence-electron chi connectivity index (χ3n) is 3.65. The standard InChI is InChI=1S/C16H37N3O4Si/c1-6-19(7-2)14-13-18-16(20)17-12-11-15-24(21-8-3,22-9-4)23-10-5/h6-15H2,1-5H3,(H2,17,18,20). The molecular formula is C16H37N3O4Si. The van der Waals surface area contributed by atoms with E-state index in [0.29, 0.717) is 39.0 Å². The topological polar surface area (TPSA) is 72.1 Å². The molecule has 0 aliphatic rings. The molecule has 8 heteroatoms. The summed E-state index contributed by atoms with van der Waals surface area (Å²) in [5.41, 5.74) is 0. The third kappa shape index (κ3) is 10.2. The Balaban J connectivity index is 4.03. The van der Waals surface area contributed by atoms with Crippen LogP contribution in [0.2, 0.25) is 6.04 Å². The molecule has 2 amide bonds. The fourth-order valence-corrected chi connectivity index (χ4v) is 5.05. The van der Waals surface area contributed by atoms with Crippen molar-refractivity contribution in [1.29, 1.82) is 0 Å². The van der Waals surface area contributed by atoms with Crippen LogP contribution in [0.3, 0.4) is 0 Å². The van der Waals surface area contributed by atoms with Gasteiger partial charge in [-0.2, -0.15) is 0 Å². The van der Waals surface area contributed by atoms with Crippen LogP contribution in [-0.2, 0) is 13.3 Å². The number of carbonyl (C=O) groups excluding carboxylic acids is 1. The van der Waals surface area contributed by atoms with Gasteiger partial charge in [-0.25, -0.2) is 4.79 Å². The molecule has 0 aromatic carbocycles. The van der Waals surface area contributed by atoms with Crippen molar-refractivity contribution in [3.05, 3.63) is 0 Å². The molecule has 0 rings (SSSR count). The van der Waals surface area contributed by atoms with Gasteiger partial charge in [0.15, 0.2) is 0 Å². The van der Waals surface area contributed by atoms with E-state index < -0.39 is 8.80 Å². The summed E-state index contributed by atoms with van der Waals surface area (Å²) in [5, 5.41) is 5.76. The van der Waals surface area contributed by atoms with Crippen molar-refractivity contribution in [3.8, 4) is 0 Å². The highest BCUT2D eigenvalue weighted by molar-refractivity contribution is 6.60. The summed E-state index contributed by atoms with van der Waals surface area (Å²) < 4.78 is 17.4. The average molecular weight is 364 g/mol. The monoisotopic (exact) mass is 363 g/mol. The number of hydrogen-bond acceptors (Lipinski definition) is 5. The largest absolute Gasteiger partial charge is 0.500 e. The summed E-state index contributed by atoms with van der Waals surface area (Å²) in [6, 6.07) is 0.584. The lowest BCUT2D eigenvalue weighted by Crippen LogP contribution is -2.47. The highest BCUT2D eigenvalue weighted by Gasteiger charge is 2.39. The summed E-state index contributed by atoms with van der Waals surface area (Å²) in [6.45, 7) is 15.9. The molecule has 0 aromatic rings. The second-order valence-electron chi connectivity index (χ2n) is 5.30. The fraction of sp³-hybridized carbons (Fsp3) is 0.938. The van der Waals surface area contributed by atoms with Gasteiger partial charge in [-0.15, -0.1) is 0 Å². The Kier molecular flexibility index (Phi) is 14.2. The SMILES string of the molecule is CCO[Si](CCCNC(=O)NCCN(CC)CC)(OCC)OCC. The van der Waals surface area contributed by atoms with Crippen molar-refractivity contribution in [3.63, 3.8) is 0 Å². The van der Waals surface area contributed by atoms with Crippen LogP contribution in [0.25, 0.3) is 0 Å². The first-order chi connectivity index (χ1) is 11.6. The van der Waals surface area contributed by atoms with Crippen molar-refractivity contribution >= 4 is 14.8 Å². The minimum absolute atomic E-state index is 0.126. The first-order valence-electron chi connectivity index (χ1n) is 9.23. The van der Waals surface area contributed by atoms with Crippen LogP contribution in [0.5, 0.6) is 0 Å². The van der Waals surface area contributed by atoms with Crippen molar-refractivity contribution in [2.45, 2.75) is 47.1 Å². The van der Waals surface area contributed by atoms with E-state index in [1.165, 1.54) is 0 Å². The van der Waals surface area contributed by atoms with E-state index in [0.717, 1.165) is 26.1 Å². The number of amides is 2. The maximum atomic E-state index is 11.8. The summed E-state index contributed by atoms with van der Waals surface area (Å²) in [5.74, 6) is 0. The fourth-order valence-electron chi connectivity index (χ4n) is 2.44. The van der Waals surface area contributed by atoms with E-state index in [-0.39, 0.29) is 6.03 Å². The molecule has 0 saturated heterocycles. The van der Waals surface area contributed by atoms with Gasteiger partial charge in [0.05, 0.1) is 0 Å². The first-order valence-corrected chi connectivity index (χ1v) is 11.2.